The average Bonchev–Trinajstić information content (AvgIpc) is 3.19. The van der Waals surface area contributed by atoms with E-state index in [9.17, 15) is 13.2 Å². The van der Waals surface area contributed by atoms with Gasteiger partial charge in [0.1, 0.15) is 5.82 Å². The van der Waals surface area contributed by atoms with E-state index in [-0.39, 0.29) is 11.9 Å². The number of benzene rings is 1. The third kappa shape index (κ3) is 3.02. The lowest BCUT2D eigenvalue weighted by Crippen LogP contribution is -2.40. The molecular weight excluding hydrogens is 340 g/mol. The van der Waals surface area contributed by atoms with Crippen molar-refractivity contribution >= 4 is 21.6 Å². The van der Waals surface area contributed by atoms with Gasteiger partial charge in [-0.25, -0.2) is 13.4 Å². The van der Waals surface area contributed by atoms with Crippen molar-refractivity contribution in [3.05, 3.63) is 47.5 Å². The van der Waals surface area contributed by atoms with Crippen molar-refractivity contribution in [2.24, 2.45) is 0 Å². The van der Waals surface area contributed by atoms with Crippen LogP contribution in [0, 0.1) is 0 Å². The first-order chi connectivity index (χ1) is 11.9. The monoisotopic (exact) mass is 360 g/mol. The van der Waals surface area contributed by atoms with Crippen LogP contribution in [-0.2, 0) is 29.4 Å². The van der Waals surface area contributed by atoms with Gasteiger partial charge in [-0.05, 0) is 36.6 Å². The number of aryl methyl sites for hydroxylation is 1. The van der Waals surface area contributed by atoms with E-state index in [0.717, 1.165) is 30.8 Å². The minimum absolute atomic E-state index is 0.0724. The van der Waals surface area contributed by atoms with E-state index in [1.807, 2.05) is 6.20 Å². The van der Waals surface area contributed by atoms with Crippen LogP contribution in [-0.4, -0.2) is 42.7 Å². The standard InChI is InChI=1S/C17H20N4O3S/c1-25(23,24)21-8-4-12-10-13(2-3-15(12)21)17(22)19-14-5-7-20-9-6-18-16(20)11-14/h2-3,6,9-10,14H,4-5,7-8,11H2,1H3,(H,19,22). The van der Waals surface area contributed by atoms with Crippen LogP contribution < -0.4 is 9.62 Å². The van der Waals surface area contributed by atoms with Crippen LogP contribution in [0.15, 0.2) is 30.6 Å². The summed E-state index contributed by atoms with van der Waals surface area (Å²) in [5.41, 5.74) is 2.15. The zero-order valence-corrected chi connectivity index (χ0v) is 14.8. The second-order valence-electron chi connectivity index (χ2n) is 6.63. The van der Waals surface area contributed by atoms with Crippen LogP contribution in [0.2, 0.25) is 0 Å². The van der Waals surface area contributed by atoms with Gasteiger partial charge in [-0.2, -0.15) is 0 Å². The van der Waals surface area contributed by atoms with Crippen LogP contribution in [0.4, 0.5) is 5.69 Å². The fraction of sp³-hybridized carbons (Fsp3) is 0.412. The van der Waals surface area contributed by atoms with Crippen LogP contribution in [0.3, 0.4) is 0 Å². The third-order valence-corrected chi connectivity index (χ3v) is 6.06. The van der Waals surface area contributed by atoms with Crippen molar-refractivity contribution in [3.8, 4) is 0 Å². The number of sulfonamides is 1. The highest BCUT2D eigenvalue weighted by Gasteiger charge is 2.27. The number of hydrogen-bond donors (Lipinski definition) is 1. The zero-order valence-electron chi connectivity index (χ0n) is 14.0. The number of anilines is 1. The van der Waals surface area contributed by atoms with Crippen molar-refractivity contribution in [2.75, 3.05) is 17.1 Å². The van der Waals surface area contributed by atoms with Crippen molar-refractivity contribution in [2.45, 2.75) is 31.8 Å². The quantitative estimate of drug-likeness (QED) is 0.883. The van der Waals surface area contributed by atoms with Crippen molar-refractivity contribution in [1.82, 2.24) is 14.9 Å². The van der Waals surface area contributed by atoms with Gasteiger partial charge in [0.2, 0.25) is 10.0 Å². The number of amides is 1. The van der Waals surface area contributed by atoms with Crippen LogP contribution in [0.1, 0.15) is 28.2 Å². The molecule has 0 spiro atoms. The smallest absolute Gasteiger partial charge is 0.251 e. The Morgan fingerprint density at radius 1 is 1.32 bits per heavy atom. The van der Waals surface area contributed by atoms with Gasteiger partial charge in [-0.1, -0.05) is 0 Å². The molecule has 0 saturated heterocycles. The number of carbonyl (C=O) groups excluding carboxylic acids is 1. The predicted molar refractivity (Wildman–Crippen MR) is 94.1 cm³/mol. The molecule has 0 fully saturated rings. The Balaban J connectivity index is 1.49. The Labute approximate surface area is 146 Å². The lowest BCUT2D eigenvalue weighted by atomic mass is 10.0. The molecule has 2 aliphatic heterocycles. The number of imidazole rings is 1. The highest BCUT2D eigenvalue weighted by atomic mass is 32.2. The van der Waals surface area contributed by atoms with E-state index >= 15 is 0 Å². The summed E-state index contributed by atoms with van der Waals surface area (Å²) in [5, 5.41) is 3.07. The summed E-state index contributed by atoms with van der Waals surface area (Å²) >= 11 is 0. The van der Waals surface area contributed by atoms with E-state index in [2.05, 4.69) is 14.9 Å². The maximum Gasteiger partial charge on any atom is 0.251 e. The number of aromatic nitrogens is 2. The molecule has 0 aliphatic carbocycles. The maximum absolute atomic E-state index is 12.6. The van der Waals surface area contributed by atoms with Crippen molar-refractivity contribution in [1.29, 1.82) is 0 Å². The summed E-state index contributed by atoms with van der Waals surface area (Å²) < 4.78 is 27.1. The van der Waals surface area contributed by atoms with Gasteiger partial charge >= 0.3 is 0 Å². The minimum atomic E-state index is -3.27. The fourth-order valence-electron chi connectivity index (χ4n) is 3.60. The molecule has 8 heteroatoms. The number of fused-ring (bicyclic) bond motifs is 2. The third-order valence-electron chi connectivity index (χ3n) is 4.88. The van der Waals surface area contributed by atoms with Crippen LogP contribution in [0.25, 0.3) is 0 Å². The SMILES string of the molecule is CS(=O)(=O)N1CCc2cc(C(=O)NC3CCn4ccnc4C3)ccc21. The van der Waals surface area contributed by atoms with E-state index in [1.54, 1.807) is 24.4 Å². The number of hydrogen-bond acceptors (Lipinski definition) is 4. The lowest BCUT2D eigenvalue weighted by Gasteiger charge is -2.24. The molecule has 1 aromatic heterocycles. The van der Waals surface area contributed by atoms with E-state index in [1.165, 1.54) is 10.6 Å². The van der Waals surface area contributed by atoms with Crippen LogP contribution >= 0.6 is 0 Å². The number of rotatable bonds is 3. The number of carbonyl (C=O) groups is 1. The van der Waals surface area contributed by atoms with Gasteiger partial charge in [-0.3, -0.25) is 9.10 Å². The summed E-state index contributed by atoms with van der Waals surface area (Å²) in [7, 11) is -3.27. The van der Waals surface area contributed by atoms with Crippen molar-refractivity contribution < 1.29 is 13.2 Å². The predicted octanol–water partition coefficient (Wildman–Crippen LogP) is 0.950. The first-order valence-electron chi connectivity index (χ1n) is 8.33. The lowest BCUT2D eigenvalue weighted by molar-refractivity contribution is 0.0930. The first-order valence-corrected chi connectivity index (χ1v) is 10.2. The van der Waals surface area contributed by atoms with Gasteiger partial charge in [0.15, 0.2) is 0 Å². The normalized spacial score (nSPS) is 19.4. The summed E-state index contributed by atoms with van der Waals surface area (Å²) in [6.07, 6.45) is 7.18. The molecule has 4 rings (SSSR count). The first kappa shape index (κ1) is 16.1. The Kier molecular flexibility index (Phi) is 3.79. The largest absolute Gasteiger partial charge is 0.349 e. The van der Waals surface area contributed by atoms with E-state index in [4.69, 9.17) is 0 Å². The molecular formula is C17H20N4O3S. The Morgan fingerprint density at radius 3 is 2.96 bits per heavy atom. The minimum Gasteiger partial charge on any atom is -0.349 e. The van der Waals surface area contributed by atoms with Gasteiger partial charge in [0.25, 0.3) is 5.91 Å². The Bertz CT molecular complexity index is 935. The second-order valence-corrected chi connectivity index (χ2v) is 8.54. The molecule has 1 aromatic carbocycles. The molecule has 7 nitrogen and oxygen atoms in total. The molecule has 1 amide bonds. The number of nitrogens with zero attached hydrogens (tertiary/aromatic N) is 3. The molecule has 2 aliphatic rings. The van der Waals surface area contributed by atoms with Crippen molar-refractivity contribution in [3.63, 3.8) is 0 Å². The summed E-state index contributed by atoms with van der Waals surface area (Å²) in [4.78, 5) is 16.9. The zero-order chi connectivity index (χ0) is 17.6. The Hall–Kier alpha value is -2.35. The molecule has 1 unspecified atom stereocenters. The second kappa shape index (κ2) is 5.87. The molecule has 1 atom stereocenters. The summed E-state index contributed by atoms with van der Waals surface area (Å²) in [6.45, 7) is 1.29. The molecule has 2 aromatic rings. The molecule has 25 heavy (non-hydrogen) atoms. The molecule has 0 saturated carbocycles. The molecule has 132 valence electrons. The molecule has 1 N–H and O–H groups in total. The van der Waals surface area contributed by atoms with Gasteiger partial charge < -0.3 is 9.88 Å². The van der Waals surface area contributed by atoms with E-state index in [0.29, 0.717) is 24.2 Å². The topological polar surface area (TPSA) is 84.3 Å². The highest BCUT2D eigenvalue weighted by molar-refractivity contribution is 7.92. The molecule has 0 bridgehead atoms. The number of nitrogens with one attached hydrogen (secondary N) is 1. The summed E-state index contributed by atoms with van der Waals surface area (Å²) in [6, 6.07) is 5.30. The maximum atomic E-state index is 12.6. The fourth-order valence-corrected chi connectivity index (χ4v) is 4.56. The van der Waals surface area contributed by atoms with Gasteiger partial charge in [0, 0.05) is 43.5 Å². The molecule has 3 heterocycles. The van der Waals surface area contributed by atoms with Crippen LogP contribution in [0.5, 0.6) is 0 Å². The average molecular weight is 360 g/mol. The van der Waals surface area contributed by atoms with Gasteiger partial charge in [-0.15, -0.1) is 0 Å². The van der Waals surface area contributed by atoms with E-state index < -0.39 is 10.0 Å². The summed E-state index contributed by atoms with van der Waals surface area (Å²) in [5.74, 6) is 0.875. The highest BCUT2D eigenvalue weighted by Crippen LogP contribution is 2.30. The molecule has 0 radical (unpaired) electrons. The Morgan fingerprint density at radius 2 is 2.16 bits per heavy atom. The van der Waals surface area contributed by atoms with Gasteiger partial charge in [0.05, 0.1) is 11.9 Å².